The molecule has 3 heteroatoms. The highest BCUT2D eigenvalue weighted by molar-refractivity contribution is 5.81. The van der Waals surface area contributed by atoms with E-state index in [0.29, 0.717) is 5.75 Å². The topological polar surface area (TPSA) is 42.8 Å². The maximum Gasteiger partial charge on any atom is 0.530 e. The van der Waals surface area contributed by atoms with Crippen LogP contribution < -0.4 is 5.26 Å². The van der Waals surface area contributed by atoms with Gasteiger partial charge in [-0.3, -0.25) is 0 Å². The first kappa shape index (κ1) is 6.37. The summed E-state index contributed by atoms with van der Waals surface area (Å²) in [4.78, 5) is 10.8. The Morgan fingerprint density at radius 2 is 2.09 bits per heavy atom. The molecule has 1 aliphatic heterocycles. The van der Waals surface area contributed by atoms with Crippen LogP contribution in [0.5, 0.6) is 5.75 Å². The van der Waals surface area contributed by atoms with Crippen LogP contribution in [-0.2, 0) is 15.7 Å². The summed E-state index contributed by atoms with van der Waals surface area (Å²) in [5.74, 6) is -0.0382. The van der Waals surface area contributed by atoms with E-state index in [9.17, 15) is 10.1 Å². The molecule has 1 aliphatic rings. The Labute approximate surface area is 63.5 Å². The molecule has 0 unspecified atom stereocenters. The molecule has 0 radical (unpaired) electrons. The van der Waals surface area contributed by atoms with Gasteiger partial charge in [0.15, 0.2) is 5.75 Å². The van der Waals surface area contributed by atoms with E-state index in [2.05, 4.69) is 0 Å². The Morgan fingerprint density at radius 3 is 2.82 bits per heavy atom. The Morgan fingerprint density at radius 1 is 1.36 bits per heavy atom. The quantitative estimate of drug-likeness (QED) is 0.231. The second-order valence-corrected chi connectivity index (χ2v) is 2.43. The summed E-state index contributed by atoms with van der Waals surface area (Å²) in [7, 11) is 0. The van der Waals surface area contributed by atoms with Crippen molar-refractivity contribution in [1.29, 1.82) is 0 Å². The molecule has 0 N–H and O–H groups in total. The third-order valence-electron chi connectivity index (χ3n) is 1.71. The minimum Gasteiger partial charge on any atom is -0.587 e. The summed E-state index contributed by atoms with van der Waals surface area (Å²) < 4.78 is 1.24. The Bertz CT molecular complexity index is 306. The van der Waals surface area contributed by atoms with Crippen LogP contribution in [0, 0.1) is 0 Å². The molecule has 0 aliphatic carbocycles. The summed E-state index contributed by atoms with van der Waals surface area (Å²) in [6.45, 7) is 0. The molecule has 56 valence electrons. The smallest absolute Gasteiger partial charge is 0.530 e. The van der Waals surface area contributed by atoms with Gasteiger partial charge >= 0.3 is 5.97 Å². The standard InChI is InChI=1S/C8H6O3/c9-8-5-6-3-1-2-4-7(6)11(8)10/h1-4H,5H2. The lowest BCUT2D eigenvalue weighted by Gasteiger charge is -2.19. The number of rotatable bonds is 0. The van der Waals surface area contributed by atoms with Crippen molar-refractivity contribution in [3.63, 3.8) is 0 Å². The minimum atomic E-state index is -0.453. The molecule has 1 heterocycles. The average molecular weight is 150 g/mol. The first-order chi connectivity index (χ1) is 5.29. The van der Waals surface area contributed by atoms with Crippen molar-refractivity contribution in [3.8, 4) is 5.75 Å². The molecule has 0 fully saturated rings. The molecule has 3 nitrogen and oxygen atoms in total. The molecule has 1 aromatic carbocycles. The fourth-order valence-electron chi connectivity index (χ4n) is 1.17. The largest absolute Gasteiger partial charge is 0.587 e. The third kappa shape index (κ3) is 0.816. The van der Waals surface area contributed by atoms with E-state index in [4.69, 9.17) is 0 Å². The molecular weight excluding hydrogens is 144 g/mol. The van der Waals surface area contributed by atoms with E-state index in [1.807, 2.05) is 6.07 Å². The lowest BCUT2D eigenvalue weighted by atomic mass is 10.2. The number of carbonyl (C=O) groups is 1. The Hall–Kier alpha value is -1.35. The molecule has 0 saturated heterocycles. The van der Waals surface area contributed by atoms with E-state index in [-0.39, 0.29) is 6.42 Å². The molecule has 0 amide bonds. The zero-order valence-corrected chi connectivity index (χ0v) is 5.74. The van der Waals surface area contributed by atoms with Gasteiger partial charge < -0.3 is 9.78 Å². The van der Waals surface area contributed by atoms with Gasteiger partial charge in [0.25, 0.3) is 0 Å². The fourth-order valence-corrected chi connectivity index (χ4v) is 1.17. The number of hydrogen-bond donors (Lipinski definition) is 0. The number of hydrogen-bond acceptors (Lipinski definition) is 2. The summed E-state index contributed by atoms with van der Waals surface area (Å²) in [5, 5.41) is 10.9. The van der Waals surface area contributed by atoms with E-state index in [1.165, 1.54) is 4.52 Å². The number of para-hydroxylation sites is 1. The molecule has 1 aromatic rings. The highest BCUT2D eigenvalue weighted by Crippen LogP contribution is 2.32. The van der Waals surface area contributed by atoms with Crippen molar-refractivity contribution < 1.29 is 14.6 Å². The van der Waals surface area contributed by atoms with Crippen LogP contribution in [0.1, 0.15) is 5.56 Å². The van der Waals surface area contributed by atoms with Crippen LogP contribution in [0.4, 0.5) is 0 Å². The van der Waals surface area contributed by atoms with Crippen LogP contribution in [0.15, 0.2) is 24.3 Å². The van der Waals surface area contributed by atoms with Crippen molar-refractivity contribution >= 4 is 5.97 Å². The first-order valence-electron chi connectivity index (χ1n) is 3.31. The van der Waals surface area contributed by atoms with Gasteiger partial charge in [0.2, 0.25) is 0 Å². The van der Waals surface area contributed by atoms with Gasteiger partial charge in [-0.25, -0.2) is 0 Å². The first-order valence-corrected chi connectivity index (χ1v) is 3.31. The van der Waals surface area contributed by atoms with E-state index < -0.39 is 5.97 Å². The minimum absolute atomic E-state index is 0.213. The summed E-state index contributed by atoms with van der Waals surface area (Å²) in [6.07, 6.45) is 0.213. The maximum atomic E-state index is 10.9. The van der Waals surface area contributed by atoms with Crippen LogP contribution in [-0.4, -0.2) is 5.97 Å². The number of benzene rings is 1. The molecule has 0 bridgehead atoms. The number of carbonyl (C=O) groups excluding carboxylic acids is 1. The predicted octanol–water partition coefficient (Wildman–Crippen LogP) is 0.310. The highest BCUT2D eigenvalue weighted by Gasteiger charge is 2.29. The van der Waals surface area contributed by atoms with Crippen LogP contribution >= 0.6 is 0 Å². The van der Waals surface area contributed by atoms with Gasteiger partial charge in [-0.05, 0) is 0 Å². The summed E-state index contributed by atoms with van der Waals surface area (Å²) in [5.41, 5.74) is 0.789. The van der Waals surface area contributed by atoms with Crippen LogP contribution in [0.2, 0.25) is 0 Å². The van der Waals surface area contributed by atoms with Gasteiger partial charge in [0.1, 0.15) is 6.42 Å². The van der Waals surface area contributed by atoms with Crippen molar-refractivity contribution in [2.75, 3.05) is 0 Å². The van der Waals surface area contributed by atoms with E-state index >= 15 is 0 Å². The monoisotopic (exact) mass is 150 g/mol. The van der Waals surface area contributed by atoms with Crippen molar-refractivity contribution in [1.82, 2.24) is 0 Å². The van der Waals surface area contributed by atoms with Crippen molar-refractivity contribution in [2.24, 2.45) is 0 Å². The Balaban J connectivity index is 2.55. The van der Waals surface area contributed by atoms with Gasteiger partial charge in [-0.2, -0.15) is 0 Å². The summed E-state index contributed by atoms with van der Waals surface area (Å²) in [6, 6.07) is 6.94. The van der Waals surface area contributed by atoms with Crippen LogP contribution in [0.25, 0.3) is 0 Å². The van der Waals surface area contributed by atoms with Crippen molar-refractivity contribution in [2.45, 2.75) is 6.42 Å². The summed E-state index contributed by atoms with van der Waals surface area (Å²) >= 11 is 0. The second kappa shape index (κ2) is 2.07. The average Bonchev–Trinajstić information content (AvgIpc) is 2.30. The normalized spacial score (nSPS) is 15.4. The van der Waals surface area contributed by atoms with Gasteiger partial charge in [-0.15, -0.1) is 0 Å². The third-order valence-corrected chi connectivity index (χ3v) is 1.71. The highest BCUT2D eigenvalue weighted by atomic mass is 17.2. The Kier molecular flexibility index (Phi) is 1.20. The molecule has 11 heavy (non-hydrogen) atoms. The molecule has 2 rings (SSSR count). The zero-order valence-electron chi connectivity index (χ0n) is 5.74. The molecule has 0 saturated carbocycles. The predicted molar refractivity (Wildman–Crippen MR) is 35.7 cm³/mol. The van der Waals surface area contributed by atoms with E-state index in [0.717, 1.165) is 5.56 Å². The van der Waals surface area contributed by atoms with Crippen molar-refractivity contribution in [3.05, 3.63) is 29.8 Å². The SMILES string of the molecule is O=C1Cc2ccccc2[O+]1[O-]. The molecule has 0 aromatic heterocycles. The lowest BCUT2D eigenvalue weighted by molar-refractivity contribution is -0.728. The van der Waals surface area contributed by atoms with E-state index in [1.54, 1.807) is 18.2 Å². The lowest BCUT2D eigenvalue weighted by Crippen LogP contribution is -2.23. The fraction of sp³-hybridized carbons (Fsp3) is 0.125. The number of fused-ring (bicyclic) bond motifs is 1. The van der Waals surface area contributed by atoms with Crippen LogP contribution in [0.3, 0.4) is 0 Å². The van der Waals surface area contributed by atoms with Gasteiger partial charge in [0, 0.05) is 16.4 Å². The molecule has 0 spiro atoms. The van der Waals surface area contributed by atoms with Gasteiger partial charge in [-0.1, -0.05) is 18.2 Å². The maximum absolute atomic E-state index is 10.9. The molecular formula is C8H6O3. The molecule has 0 atom stereocenters. The second-order valence-electron chi connectivity index (χ2n) is 2.43. The van der Waals surface area contributed by atoms with Gasteiger partial charge in [0.05, 0.1) is 0 Å². The zero-order chi connectivity index (χ0) is 7.84.